The second-order valence-corrected chi connectivity index (χ2v) is 5.33. The van der Waals surface area contributed by atoms with Crippen molar-refractivity contribution in [1.29, 1.82) is 0 Å². The minimum atomic E-state index is -4.68. The van der Waals surface area contributed by atoms with E-state index in [-0.39, 0.29) is 12.1 Å². The van der Waals surface area contributed by atoms with Crippen LogP contribution >= 0.6 is 0 Å². The largest absolute Gasteiger partial charge is 0.461 e. The molecule has 0 bridgehead atoms. The Labute approximate surface area is 141 Å². The van der Waals surface area contributed by atoms with E-state index in [0.29, 0.717) is 6.54 Å². The molecule has 9 heteroatoms. The van der Waals surface area contributed by atoms with Gasteiger partial charge in [0.2, 0.25) is 0 Å². The fourth-order valence-electron chi connectivity index (χ4n) is 2.09. The number of amides is 1. The van der Waals surface area contributed by atoms with Crippen LogP contribution in [0, 0.1) is 13.8 Å². The number of hydrogen-bond acceptors (Lipinski definition) is 3. The third-order valence-corrected chi connectivity index (χ3v) is 3.62. The Bertz CT molecular complexity index is 747. The van der Waals surface area contributed by atoms with Crippen LogP contribution in [0.2, 0.25) is 0 Å². The number of halogens is 4. The summed E-state index contributed by atoms with van der Waals surface area (Å²) in [5, 5.41) is 2.54. The predicted molar refractivity (Wildman–Crippen MR) is 82.1 cm³/mol. The molecule has 2 aromatic rings. The number of rotatable bonds is 7. The fourth-order valence-corrected chi connectivity index (χ4v) is 2.09. The minimum Gasteiger partial charge on any atom is -0.427 e. The lowest BCUT2D eigenvalue weighted by Crippen LogP contribution is -2.35. The summed E-state index contributed by atoms with van der Waals surface area (Å²) in [6, 6.07) is 4.99. The number of ether oxygens (including phenoxy) is 1. The number of aryl methyl sites for hydroxylation is 1. The number of imidazole rings is 1. The van der Waals surface area contributed by atoms with Gasteiger partial charge in [-0.25, -0.2) is 4.98 Å². The monoisotopic (exact) mass is 359 g/mol. The molecule has 0 spiro atoms. The van der Waals surface area contributed by atoms with Crippen LogP contribution in [0.3, 0.4) is 0 Å². The molecule has 0 saturated carbocycles. The predicted octanol–water partition coefficient (Wildman–Crippen LogP) is 3.17. The Kier molecular flexibility index (Phi) is 5.66. The molecular weight excluding hydrogens is 342 g/mol. The van der Waals surface area contributed by atoms with Crippen molar-refractivity contribution < 1.29 is 27.1 Å². The van der Waals surface area contributed by atoms with Gasteiger partial charge >= 0.3 is 12.5 Å². The van der Waals surface area contributed by atoms with Crippen molar-refractivity contribution in [3.8, 4) is 5.75 Å². The number of nitrogens with zero attached hydrogens (tertiary/aromatic N) is 2. The van der Waals surface area contributed by atoms with E-state index in [4.69, 9.17) is 0 Å². The van der Waals surface area contributed by atoms with E-state index in [0.717, 1.165) is 17.5 Å². The summed E-state index contributed by atoms with van der Waals surface area (Å²) in [5.74, 6) is -1.31. The zero-order chi connectivity index (χ0) is 18.6. The quantitative estimate of drug-likeness (QED) is 0.773. The molecule has 0 radical (unpaired) electrons. The number of carbonyl (C=O) groups is 1. The number of nitrogens with one attached hydrogen (secondary N) is 1. The summed E-state index contributed by atoms with van der Waals surface area (Å²) in [5.41, 5.74) is 1.55. The first-order valence-electron chi connectivity index (χ1n) is 7.43. The molecule has 2 rings (SSSR count). The van der Waals surface area contributed by atoms with Gasteiger partial charge in [0.25, 0.3) is 5.91 Å². The lowest BCUT2D eigenvalue weighted by Gasteiger charge is -2.18. The van der Waals surface area contributed by atoms with E-state index in [1.54, 1.807) is 6.33 Å². The third kappa shape index (κ3) is 4.49. The molecule has 25 heavy (non-hydrogen) atoms. The molecule has 1 aromatic carbocycles. The lowest BCUT2D eigenvalue weighted by molar-refractivity contribution is -0.253. The van der Waals surface area contributed by atoms with E-state index in [1.165, 1.54) is 18.2 Å². The highest BCUT2D eigenvalue weighted by molar-refractivity contribution is 5.96. The smallest absolute Gasteiger partial charge is 0.427 e. The van der Waals surface area contributed by atoms with Gasteiger partial charge in [0.15, 0.2) is 0 Å². The molecule has 5 nitrogen and oxygen atoms in total. The van der Waals surface area contributed by atoms with Crippen LogP contribution in [0.15, 0.2) is 30.6 Å². The summed E-state index contributed by atoms with van der Waals surface area (Å²) in [6.45, 7) is 4.35. The van der Waals surface area contributed by atoms with Gasteiger partial charge in [0.05, 0.1) is 17.6 Å². The Morgan fingerprint density at radius 2 is 2.00 bits per heavy atom. The van der Waals surface area contributed by atoms with Gasteiger partial charge < -0.3 is 14.6 Å². The molecule has 0 saturated heterocycles. The van der Waals surface area contributed by atoms with Crippen LogP contribution in [0.5, 0.6) is 5.75 Å². The Hall–Kier alpha value is -2.58. The number of alkyl halides is 4. The van der Waals surface area contributed by atoms with Crippen molar-refractivity contribution in [2.75, 3.05) is 6.54 Å². The van der Waals surface area contributed by atoms with Crippen molar-refractivity contribution in [1.82, 2.24) is 14.9 Å². The van der Waals surface area contributed by atoms with E-state index in [2.05, 4.69) is 15.0 Å². The van der Waals surface area contributed by atoms with E-state index in [9.17, 15) is 22.4 Å². The second-order valence-electron chi connectivity index (χ2n) is 5.33. The number of carbonyl (C=O) groups excluding carboxylic acids is 1. The van der Waals surface area contributed by atoms with Gasteiger partial charge in [-0.2, -0.15) is 17.6 Å². The molecule has 1 heterocycles. The summed E-state index contributed by atoms with van der Waals surface area (Å²) in [7, 11) is 0. The minimum absolute atomic E-state index is 0.203. The molecule has 1 aromatic heterocycles. The number of hydrogen-bond donors (Lipinski definition) is 1. The first kappa shape index (κ1) is 18.8. The molecule has 0 fully saturated rings. The maximum absolute atomic E-state index is 13.1. The van der Waals surface area contributed by atoms with Crippen LogP contribution in [0.25, 0.3) is 0 Å². The van der Waals surface area contributed by atoms with Crippen LogP contribution in [0.4, 0.5) is 17.6 Å². The highest BCUT2D eigenvalue weighted by Crippen LogP contribution is 2.29. The van der Waals surface area contributed by atoms with Gasteiger partial charge in [0, 0.05) is 18.8 Å². The molecule has 0 aliphatic rings. The van der Waals surface area contributed by atoms with Gasteiger partial charge in [-0.05, 0) is 26.0 Å². The van der Waals surface area contributed by atoms with E-state index in [1.807, 2.05) is 18.4 Å². The maximum atomic E-state index is 13.1. The van der Waals surface area contributed by atoms with Crippen molar-refractivity contribution in [2.24, 2.45) is 0 Å². The number of para-hydroxylation sites is 1. The molecule has 0 aliphatic heterocycles. The molecule has 1 N–H and O–H groups in total. The molecule has 1 amide bonds. The highest BCUT2D eigenvalue weighted by atomic mass is 19.3. The zero-order valence-corrected chi connectivity index (χ0v) is 13.6. The average Bonchev–Trinajstić information content (AvgIpc) is 2.87. The fraction of sp³-hybridized carbons (Fsp3) is 0.375. The van der Waals surface area contributed by atoms with Crippen molar-refractivity contribution in [2.45, 2.75) is 32.9 Å². The lowest BCUT2D eigenvalue weighted by atomic mass is 10.2. The Morgan fingerprint density at radius 3 is 2.60 bits per heavy atom. The number of aromatic nitrogens is 2. The average molecular weight is 359 g/mol. The van der Waals surface area contributed by atoms with Crippen LogP contribution in [0.1, 0.15) is 21.7 Å². The highest BCUT2D eigenvalue weighted by Gasteiger charge is 2.44. The van der Waals surface area contributed by atoms with Gasteiger partial charge in [-0.3, -0.25) is 4.79 Å². The van der Waals surface area contributed by atoms with Crippen LogP contribution in [-0.2, 0) is 6.54 Å². The summed E-state index contributed by atoms with van der Waals surface area (Å²) >= 11 is 0. The third-order valence-electron chi connectivity index (χ3n) is 3.62. The van der Waals surface area contributed by atoms with Gasteiger partial charge in [-0.15, -0.1) is 0 Å². The zero-order valence-electron chi connectivity index (χ0n) is 13.6. The Balaban J connectivity index is 2.03. The normalized spacial score (nSPS) is 11.6. The topological polar surface area (TPSA) is 56.2 Å². The van der Waals surface area contributed by atoms with E-state index >= 15 is 0 Å². The standard InChI is InChI=1S/C16H17F4N3O2/c1-10-11(2)23(9-22-10)8-7-21-14(24)12-5-3-4-6-13(12)25-16(19,20)15(17)18/h3-6,9,15H,7-8H2,1-2H3,(H,21,24). The van der Waals surface area contributed by atoms with Gasteiger partial charge in [-0.1, -0.05) is 12.1 Å². The van der Waals surface area contributed by atoms with Crippen molar-refractivity contribution in [3.05, 3.63) is 47.5 Å². The molecule has 136 valence electrons. The van der Waals surface area contributed by atoms with E-state index < -0.39 is 24.2 Å². The SMILES string of the molecule is Cc1ncn(CCNC(=O)c2ccccc2OC(F)(F)C(F)F)c1C. The maximum Gasteiger partial charge on any atom is 0.461 e. The molecule has 0 unspecified atom stereocenters. The summed E-state index contributed by atoms with van der Waals surface area (Å²) < 4.78 is 56.6. The van der Waals surface area contributed by atoms with Gasteiger partial charge in [0.1, 0.15) is 5.75 Å². The summed E-state index contributed by atoms with van der Waals surface area (Å²) in [4.78, 5) is 16.3. The van der Waals surface area contributed by atoms with Crippen LogP contribution in [-0.4, -0.2) is 34.5 Å². The Morgan fingerprint density at radius 1 is 1.32 bits per heavy atom. The first-order chi connectivity index (χ1) is 11.7. The van der Waals surface area contributed by atoms with Crippen molar-refractivity contribution in [3.63, 3.8) is 0 Å². The number of benzene rings is 1. The summed E-state index contributed by atoms with van der Waals surface area (Å²) in [6.07, 6.45) is -7.06. The molecular formula is C16H17F4N3O2. The van der Waals surface area contributed by atoms with Crippen molar-refractivity contribution >= 4 is 5.91 Å². The first-order valence-corrected chi connectivity index (χ1v) is 7.43. The molecule has 0 atom stereocenters. The second kappa shape index (κ2) is 7.54. The van der Waals surface area contributed by atoms with Crippen LogP contribution < -0.4 is 10.1 Å². The molecule has 0 aliphatic carbocycles.